The van der Waals surface area contributed by atoms with Crippen molar-refractivity contribution in [3.63, 3.8) is 0 Å². The Morgan fingerprint density at radius 3 is 2.00 bits per heavy atom. The van der Waals surface area contributed by atoms with E-state index < -0.39 is 0 Å². The van der Waals surface area contributed by atoms with Crippen LogP contribution in [0.25, 0.3) is 0 Å². The third kappa shape index (κ3) is 3.71. The second kappa shape index (κ2) is 5.73. The van der Waals surface area contributed by atoms with Gasteiger partial charge >= 0.3 is 0 Å². The van der Waals surface area contributed by atoms with Crippen molar-refractivity contribution in [1.29, 1.82) is 0 Å². The molecule has 102 valence electrons. The second-order valence-electron chi connectivity index (χ2n) is 4.56. The van der Waals surface area contributed by atoms with Gasteiger partial charge in [-0.05, 0) is 45.0 Å². The summed E-state index contributed by atoms with van der Waals surface area (Å²) in [4.78, 5) is 0. The van der Waals surface area contributed by atoms with E-state index in [-0.39, 0.29) is 12.2 Å². The van der Waals surface area contributed by atoms with Crippen molar-refractivity contribution in [1.82, 2.24) is 10.2 Å². The highest BCUT2D eigenvalue weighted by atomic mass is 16.5. The van der Waals surface area contributed by atoms with Gasteiger partial charge in [0.1, 0.15) is 11.5 Å². The summed E-state index contributed by atoms with van der Waals surface area (Å²) in [7, 11) is 0. The quantitative estimate of drug-likeness (QED) is 0.827. The Morgan fingerprint density at radius 1 is 0.947 bits per heavy atom. The van der Waals surface area contributed by atoms with E-state index in [2.05, 4.69) is 10.2 Å². The van der Waals surface area contributed by atoms with Crippen LogP contribution in [0.15, 0.2) is 28.7 Å². The molecule has 0 spiro atoms. The first-order valence-electron chi connectivity index (χ1n) is 6.28. The van der Waals surface area contributed by atoms with Gasteiger partial charge in [-0.3, -0.25) is 0 Å². The van der Waals surface area contributed by atoms with Crippen LogP contribution >= 0.6 is 0 Å². The average Bonchev–Trinajstić information content (AvgIpc) is 2.78. The number of aromatic nitrogens is 2. The molecule has 19 heavy (non-hydrogen) atoms. The van der Waals surface area contributed by atoms with Crippen molar-refractivity contribution in [2.45, 2.75) is 39.9 Å². The summed E-state index contributed by atoms with van der Waals surface area (Å²) in [6, 6.07) is 7.47. The molecular formula is C14H18N2O3. The van der Waals surface area contributed by atoms with Crippen LogP contribution < -0.4 is 9.47 Å². The van der Waals surface area contributed by atoms with Crippen LogP contribution in [-0.4, -0.2) is 16.3 Å². The first kappa shape index (κ1) is 13.4. The molecule has 1 heterocycles. The largest absolute Gasteiger partial charge is 0.491 e. The summed E-state index contributed by atoms with van der Waals surface area (Å²) in [5, 5.41) is 7.71. The molecule has 2 rings (SSSR count). The van der Waals surface area contributed by atoms with Crippen LogP contribution in [-0.2, 0) is 0 Å². The lowest BCUT2D eigenvalue weighted by Crippen LogP contribution is -2.06. The number of aryl methyl sites for hydroxylation is 1. The van der Waals surface area contributed by atoms with Gasteiger partial charge in [0.15, 0.2) is 6.10 Å². The average molecular weight is 262 g/mol. The van der Waals surface area contributed by atoms with Gasteiger partial charge in [-0.25, -0.2) is 0 Å². The lowest BCUT2D eigenvalue weighted by Gasteiger charge is -2.13. The second-order valence-corrected chi connectivity index (χ2v) is 4.56. The summed E-state index contributed by atoms with van der Waals surface area (Å²) in [6.07, 6.45) is -0.120. The number of rotatable bonds is 5. The normalized spacial score (nSPS) is 12.5. The van der Waals surface area contributed by atoms with Gasteiger partial charge in [0.25, 0.3) is 5.89 Å². The van der Waals surface area contributed by atoms with Crippen molar-refractivity contribution >= 4 is 0 Å². The lowest BCUT2D eigenvalue weighted by molar-refractivity contribution is 0.186. The predicted octanol–water partition coefficient (Wildman–Crippen LogP) is 3.31. The highest BCUT2D eigenvalue weighted by Gasteiger charge is 2.14. The van der Waals surface area contributed by atoms with Gasteiger partial charge in [0.2, 0.25) is 5.89 Å². The molecule has 0 radical (unpaired) electrons. The van der Waals surface area contributed by atoms with Crippen LogP contribution in [0.3, 0.4) is 0 Å². The summed E-state index contributed by atoms with van der Waals surface area (Å²) >= 11 is 0. The number of ether oxygens (including phenoxy) is 2. The summed E-state index contributed by atoms with van der Waals surface area (Å²) in [5.41, 5.74) is 0. The van der Waals surface area contributed by atoms with Gasteiger partial charge in [-0.1, -0.05) is 0 Å². The van der Waals surface area contributed by atoms with E-state index in [0.717, 1.165) is 11.5 Å². The number of hydrogen-bond acceptors (Lipinski definition) is 5. The smallest absolute Gasteiger partial charge is 0.256 e. The van der Waals surface area contributed by atoms with Crippen LogP contribution in [0, 0.1) is 6.92 Å². The van der Waals surface area contributed by atoms with Crippen LogP contribution in [0.1, 0.15) is 38.7 Å². The first-order chi connectivity index (χ1) is 9.04. The topological polar surface area (TPSA) is 57.4 Å². The molecule has 0 bridgehead atoms. The third-order valence-corrected chi connectivity index (χ3v) is 2.40. The zero-order valence-corrected chi connectivity index (χ0v) is 11.6. The predicted molar refractivity (Wildman–Crippen MR) is 70.3 cm³/mol. The molecule has 0 N–H and O–H groups in total. The molecule has 0 unspecified atom stereocenters. The van der Waals surface area contributed by atoms with Crippen molar-refractivity contribution in [3.05, 3.63) is 36.0 Å². The monoisotopic (exact) mass is 262 g/mol. The zero-order chi connectivity index (χ0) is 13.8. The molecular weight excluding hydrogens is 244 g/mol. The summed E-state index contributed by atoms with van der Waals surface area (Å²) in [6.45, 7) is 7.60. The molecule has 1 atom stereocenters. The Morgan fingerprint density at radius 2 is 1.53 bits per heavy atom. The van der Waals surface area contributed by atoms with E-state index >= 15 is 0 Å². The highest BCUT2D eigenvalue weighted by molar-refractivity contribution is 5.31. The standard InChI is InChI=1S/C14H18N2O3/c1-9(2)17-12-5-7-13(8-6-12)18-10(3)14-16-15-11(4)19-14/h5-10H,1-4H3/t10-/m0/s1. The molecule has 0 aliphatic heterocycles. The fourth-order valence-electron chi connectivity index (χ4n) is 1.60. The van der Waals surface area contributed by atoms with Gasteiger partial charge in [0, 0.05) is 6.92 Å². The van der Waals surface area contributed by atoms with Crippen molar-refractivity contribution in [2.24, 2.45) is 0 Å². The molecule has 0 aliphatic rings. The SMILES string of the molecule is Cc1nnc([C@H](C)Oc2ccc(OC(C)C)cc2)o1. The van der Waals surface area contributed by atoms with E-state index in [1.165, 1.54) is 0 Å². The minimum Gasteiger partial charge on any atom is -0.491 e. The van der Waals surface area contributed by atoms with E-state index in [1.54, 1.807) is 6.92 Å². The Bertz CT molecular complexity index is 520. The van der Waals surface area contributed by atoms with Crippen LogP contribution in [0.4, 0.5) is 0 Å². The molecule has 0 fully saturated rings. The fraction of sp³-hybridized carbons (Fsp3) is 0.429. The third-order valence-electron chi connectivity index (χ3n) is 2.40. The van der Waals surface area contributed by atoms with Crippen LogP contribution in [0.2, 0.25) is 0 Å². The minimum atomic E-state index is -0.280. The molecule has 0 aliphatic carbocycles. The van der Waals surface area contributed by atoms with Crippen molar-refractivity contribution in [3.8, 4) is 11.5 Å². The first-order valence-corrected chi connectivity index (χ1v) is 6.28. The van der Waals surface area contributed by atoms with Gasteiger partial charge < -0.3 is 13.9 Å². The molecule has 0 amide bonds. The number of benzene rings is 1. The molecule has 0 saturated carbocycles. The molecule has 5 heteroatoms. The van der Waals surface area contributed by atoms with Gasteiger partial charge in [-0.15, -0.1) is 10.2 Å². The maximum atomic E-state index is 5.72. The molecule has 1 aromatic carbocycles. The Hall–Kier alpha value is -2.04. The van der Waals surface area contributed by atoms with Crippen molar-refractivity contribution < 1.29 is 13.9 Å². The summed E-state index contributed by atoms with van der Waals surface area (Å²) < 4.78 is 16.6. The molecule has 0 saturated heterocycles. The van der Waals surface area contributed by atoms with E-state index in [0.29, 0.717) is 11.8 Å². The van der Waals surface area contributed by atoms with Crippen molar-refractivity contribution in [2.75, 3.05) is 0 Å². The molecule has 2 aromatic rings. The van der Waals surface area contributed by atoms with E-state index in [4.69, 9.17) is 13.9 Å². The Labute approximate surface area is 112 Å². The maximum absolute atomic E-state index is 5.72. The maximum Gasteiger partial charge on any atom is 0.256 e. The van der Waals surface area contributed by atoms with Gasteiger partial charge in [-0.2, -0.15) is 0 Å². The zero-order valence-electron chi connectivity index (χ0n) is 11.6. The van der Waals surface area contributed by atoms with Gasteiger partial charge in [0.05, 0.1) is 6.10 Å². The molecule has 5 nitrogen and oxygen atoms in total. The molecule has 1 aromatic heterocycles. The minimum absolute atomic E-state index is 0.159. The van der Waals surface area contributed by atoms with E-state index in [9.17, 15) is 0 Å². The Kier molecular flexibility index (Phi) is 4.04. The van der Waals surface area contributed by atoms with E-state index in [1.807, 2.05) is 45.0 Å². The lowest BCUT2D eigenvalue weighted by atomic mass is 10.3. The number of nitrogens with zero attached hydrogens (tertiary/aromatic N) is 2. The Balaban J connectivity index is 1.99. The number of hydrogen-bond donors (Lipinski definition) is 0. The summed E-state index contributed by atoms with van der Waals surface area (Å²) in [5.74, 6) is 2.56. The van der Waals surface area contributed by atoms with Crippen LogP contribution in [0.5, 0.6) is 11.5 Å². The fourth-order valence-corrected chi connectivity index (χ4v) is 1.60. The highest BCUT2D eigenvalue weighted by Crippen LogP contribution is 2.23.